The molecule has 2 fully saturated rings. The molecule has 0 aromatic carbocycles. The fourth-order valence-electron chi connectivity index (χ4n) is 2.38. The molecule has 2 aliphatic rings. The van der Waals surface area contributed by atoms with Gasteiger partial charge in [-0.05, 0) is 31.6 Å². The quantitative estimate of drug-likeness (QED) is 0.829. The standard InChI is InChI=1S/C15H25N3S/c1-10(2)16-8-13-14(12-6-7-12)17-15(19-13)18(3)9-11-4-5-11/h10-12,16H,4-9H2,1-3H3. The van der Waals surface area contributed by atoms with E-state index in [1.54, 1.807) is 0 Å². The number of thiazole rings is 1. The van der Waals surface area contributed by atoms with E-state index in [1.807, 2.05) is 11.3 Å². The van der Waals surface area contributed by atoms with Gasteiger partial charge in [0.1, 0.15) is 0 Å². The molecule has 1 aromatic heterocycles. The van der Waals surface area contributed by atoms with E-state index in [0.717, 1.165) is 18.4 Å². The van der Waals surface area contributed by atoms with Gasteiger partial charge in [-0.3, -0.25) is 0 Å². The summed E-state index contributed by atoms with van der Waals surface area (Å²) in [6.07, 6.45) is 5.49. The fourth-order valence-corrected chi connectivity index (χ4v) is 3.45. The summed E-state index contributed by atoms with van der Waals surface area (Å²) in [6.45, 7) is 6.59. The van der Waals surface area contributed by atoms with Gasteiger partial charge < -0.3 is 10.2 Å². The van der Waals surface area contributed by atoms with Gasteiger partial charge in [0.05, 0.1) is 5.69 Å². The summed E-state index contributed by atoms with van der Waals surface area (Å²) in [5.41, 5.74) is 1.38. The van der Waals surface area contributed by atoms with Crippen molar-refractivity contribution in [1.82, 2.24) is 10.3 Å². The first-order valence-electron chi connectivity index (χ1n) is 7.57. The van der Waals surface area contributed by atoms with Gasteiger partial charge in [0.2, 0.25) is 0 Å². The highest BCUT2D eigenvalue weighted by atomic mass is 32.1. The molecule has 0 bridgehead atoms. The van der Waals surface area contributed by atoms with E-state index in [-0.39, 0.29) is 0 Å². The van der Waals surface area contributed by atoms with Crippen molar-refractivity contribution < 1.29 is 0 Å². The lowest BCUT2D eigenvalue weighted by atomic mass is 10.2. The van der Waals surface area contributed by atoms with Crippen LogP contribution in [0.25, 0.3) is 0 Å². The van der Waals surface area contributed by atoms with Crippen LogP contribution < -0.4 is 10.2 Å². The van der Waals surface area contributed by atoms with E-state index in [1.165, 1.54) is 47.9 Å². The maximum atomic E-state index is 4.94. The van der Waals surface area contributed by atoms with Crippen LogP contribution in [0.2, 0.25) is 0 Å². The van der Waals surface area contributed by atoms with Crippen molar-refractivity contribution in [2.24, 2.45) is 5.92 Å². The summed E-state index contributed by atoms with van der Waals surface area (Å²) in [7, 11) is 2.20. The van der Waals surface area contributed by atoms with Crippen molar-refractivity contribution in [1.29, 1.82) is 0 Å². The Labute approximate surface area is 120 Å². The summed E-state index contributed by atoms with van der Waals surface area (Å²) in [6, 6.07) is 0.543. The first-order chi connectivity index (χ1) is 9.13. The molecule has 0 amide bonds. The summed E-state index contributed by atoms with van der Waals surface area (Å²) in [5.74, 6) is 1.68. The van der Waals surface area contributed by atoms with Crippen LogP contribution in [0.15, 0.2) is 0 Å². The molecular formula is C15H25N3S. The molecular weight excluding hydrogens is 254 g/mol. The van der Waals surface area contributed by atoms with Gasteiger partial charge in [-0.1, -0.05) is 13.8 Å². The molecule has 2 aliphatic carbocycles. The van der Waals surface area contributed by atoms with Gasteiger partial charge in [-0.15, -0.1) is 11.3 Å². The number of hydrogen-bond donors (Lipinski definition) is 1. The van der Waals surface area contributed by atoms with E-state index in [9.17, 15) is 0 Å². The van der Waals surface area contributed by atoms with E-state index in [0.29, 0.717) is 6.04 Å². The molecule has 106 valence electrons. The zero-order chi connectivity index (χ0) is 13.4. The van der Waals surface area contributed by atoms with Crippen molar-refractivity contribution in [3.05, 3.63) is 10.6 Å². The van der Waals surface area contributed by atoms with Gasteiger partial charge in [-0.2, -0.15) is 0 Å². The Hall–Kier alpha value is -0.610. The second-order valence-corrected chi connectivity index (χ2v) is 7.50. The normalized spacial score (nSPS) is 19.2. The van der Waals surface area contributed by atoms with Crippen molar-refractivity contribution in [2.75, 3.05) is 18.5 Å². The SMILES string of the molecule is CC(C)NCc1sc(N(C)CC2CC2)nc1C1CC1. The molecule has 0 unspecified atom stereocenters. The molecule has 0 radical (unpaired) electrons. The van der Waals surface area contributed by atoms with Gasteiger partial charge in [-0.25, -0.2) is 4.98 Å². The lowest BCUT2D eigenvalue weighted by Crippen LogP contribution is -2.21. The predicted molar refractivity (Wildman–Crippen MR) is 82.1 cm³/mol. The van der Waals surface area contributed by atoms with Crippen LogP contribution in [0.5, 0.6) is 0 Å². The highest BCUT2D eigenvalue weighted by molar-refractivity contribution is 7.15. The molecule has 2 saturated carbocycles. The topological polar surface area (TPSA) is 28.2 Å². The lowest BCUT2D eigenvalue weighted by molar-refractivity contribution is 0.590. The maximum absolute atomic E-state index is 4.94. The second-order valence-electron chi connectivity index (χ2n) is 6.44. The van der Waals surface area contributed by atoms with Crippen molar-refractivity contribution in [3.63, 3.8) is 0 Å². The summed E-state index contributed by atoms with van der Waals surface area (Å²) < 4.78 is 0. The van der Waals surface area contributed by atoms with Crippen LogP contribution in [-0.4, -0.2) is 24.6 Å². The molecule has 3 nitrogen and oxygen atoms in total. The molecule has 1 aromatic rings. The smallest absolute Gasteiger partial charge is 0.185 e. The highest BCUT2D eigenvalue weighted by Gasteiger charge is 2.31. The Morgan fingerprint density at radius 1 is 1.32 bits per heavy atom. The van der Waals surface area contributed by atoms with Crippen LogP contribution in [0.4, 0.5) is 5.13 Å². The highest BCUT2D eigenvalue weighted by Crippen LogP contribution is 2.44. The molecule has 0 spiro atoms. The third-order valence-corrected chi connectivity index (χ3v) is 5.09. The molecule has 3 rings (SSSR count). The Morgan fingerprint density at radius 3 is 2.63 bits per heavy atom. The minimum Gasteiger partial charge on any atom is -0.351 e. The molecule has 1 heterocycles. The minimum atomic E-state index is 0.543. The summed E-state index contributed by atoms with van der Waals surface area (Å²) >= 11 is 1.90. The molecule has 4 heteroatoms. The van der Waals surface area contributed by atoms with Crippen LogP contribution >= 0.6 is 11.3 Å². The first-order valence-corrected chi connectivity index (χ1v) is 8.39. The Morgan fingerprint density at radius 2 is 2.05 bits per heavy atom. The third kappa shape index (κ3) is 3.48. The average molecular weight is 279 g/mol. The van der Waals surface area contributed by atoms with Crippen LogP contribution in [-0.2, 0) is 6.54 Å². The van der Waals surface area contributed by atoms with Crippen molar-refractivity contribution in [3.8, 4) is 0 Å². The predicted octanol–water partition coefficient (Wildman–Crippen LogP) is 3.36. The van der Waals surface area contributed by atoms with Gasteiger partial charge in [0, 0.05) is 37.0 Å². The largest absolute Gasteiger partial charge is 0.351 e. The van der Waals surface area contributed by atoms with E-state index >= 15 is 0 Å². The van der Waals surface area contributed by atoms with E-state index in [2.05, 4.69) is 31.1 Å². The fraction of sp³-hybridized carbons (Fsp3) is 0.800. The van der Waals surface area contributed by atoms with E-state index in [4.69, 9.17) is 4.98 Å². The molecule has 19 heavy (non-hydrogen) atoms. The van der Waals surface area contributed by atoms with Crippen molar-refractivity contribution >= 4 is 16.5 Å². The molecule has 0 aliphatic heterocycles. The number of rotatable bonds is 7. The average Bonchev–Trinajstić information content (AvgIpc) is 3.27. The van der Waals surface area contributed by atoms with Crippen LogP contribution in [0, 0.1) is 5.92 Å². The van der Waals surface area contributed by atoms with Gasteiger partial charge in [0.25, 0.3) is 0 Å². The number of nitrogens with zero attached hydrogens (tertiary/aromatic N) is 2. The Kier molecular flexibility index (Phi) is 3.81. The molecule has 0 saturated heterocycles. The second kappa shape index (κ2) is 5.41. The van der Waals surface area contributed by atoms with Gasteiger partial charge in [0.15, 0.2) is 5.13 Å². The lowest BCUT2D eigenvalue weighted by Gasteiger charge is -2.14. The number of aromatic nitrogens is 1. The number of anilines is 1. The number of hydrogen-bond acceptors (Lipinski definition) is 4. The first kappa shape index (κ1) is 13.4. The molecule has 1 N–H and O–H groups in total. The number of nitrogens with one attached hydrogen (secondary N) is 1. The van der Waals surface area contributed by atoms with Crippen LogP contribution in [0.1, 0.15) is 56.0 Å². The Balaban J connectivity index is 1.71. The van der Waals surface area contributed by atoms with Crippen molar-refractivity contribution in [2.45, 2.75) is 58.0 Å². The van der Waals surface area contributed by atoms with Gasteiger partial charge >= 0.3 is 0 Å². The third-order valence-electron chi connectivity index (χ3n) is 3.91. The minimum absolute atomic E-state index is 0.543. The van der Waals surface area contributed by atoms with Crippen LogP contribution in [0.3, 0.4) is 0 Å². The molecule has 0 atom stereocenters. The van der Waals surface area contributed by atoms with E-state index < -0.39 is 0 Å². The monoisotopic (exact) mass is 279 g/mol. The zero-order valence-corrected chi connectivity index (χ0v) is 13.1. The summed E-state index contributed by atoms with van der Waals surface area (Å²) in [4.78, 5) is 8.77. The summed E-state index contributed by atoms with van der Waals surface area (Å²) in [5, 5.41) is 4.77. The zero-order valence-electron chi connectivity index (χ0n) is 12.3. The Bertz CT molecular complexity index is 433. The maximum Gasteiger partial charge on any atom is 0.185 e.